The second-order valence-electron chi connectivity index (χ2n) is 16.9. The molecule has 0 bridgehead atoms. The summed E-state index contributed by atoms with van der Waals surface area (Å²) in [6.07, 6.45) is 1.24. The number of aromatic hydroxyl groups is 1. The van der Waals surface area contributed by atoms with Gasteiger partial charge in [0.15, 0.2) is 0 Å². The molecule has 0 fully saturated rings. The second-order valence-corrected chi connectivity index (χ2v) is 17.9. The molecule has 8 amide bonds. The highest BCUT2D eigenvalue weighted by atomic mass is 32.2. The number of nitrogens with one attached hydrogen (secondary N) is 8. The molecular weight excluding hydrogens is 883 g/mol. The molecule has 0 unspecified atom stereocenters. The van der Waals surface area contributed by atoms with Crippen LogP contribution in [0.3, 0.4) is 0 Å². The van der Waals surface area contributed by atoms with Crippen LogP contribution in [0.15, 0.2) is 24.3 Å². The van der Waals surface area contributed by atoms with Crippen molar-refractivity contribution < 1.29 is 63.6 Å². The minimum absolute atomic E-state index is 0.0444. The van der Waals surface area contributed by atoms with E-state index in [1.165, 1.54) is 43.0 Å². The van der Waals surface area contributed by atoms with E-state index in [-0.39, 0.29) is 43.3 Å². The van der Waals surface area contributed by atoms with Gasteiger partial charge in [-0.05, 0) is 73.6 Å². The Labute approximate surface area is 389 Å². The number of carboxylic acids is 1. The third-order valence-electron chi connectivity index (χ3n) is 10.2. The number of hydrogen-bond donors (Lipinski definition) is 13. The van der Waals surface area contributed by atoms with Gasteiger partial charge >= 0.3 is 5.97 Å². The number of carbonyl (C=O) groups is 9. The quantitative estimate of drug-likeness (QED) is 0.0388. The maximum atomic E-state index is 13.5. The largest absolute Gasteiger partial charge is 0.508 e. The number of aliphatic hydroxyl groups excluding tert-OH is 2. The number of carboxylic acid groups (broad SMARTS) is 1. The number of phenols is 1. The zero-order valence-electron chi connectivity index (χ0n) is 39.0. The Kier molecular flexibility index (Phi) is 26.5. The van der Waals surface area contributed by atoms with Crippen LogP contribution >= 0.6 is 11.8 Å². The SMILES string of the molecule is CC[C@H](C)[C@H](NC(=O)CNC(=O)CNC(=O)[C@H](Cc1ccc(O)cc1)NC(=O)[C@H](CCSC)NC(=O)[C@@H](N)[C@@H](C)O)C(=O)N[C@@H](CO)C(=O)N[C@@H](CC(C)C)C(=O)N[C@@H](CC(C)C)C(=O)O. The van der Waals surface area contributed by atoms with Crippen LogP contribution in [0.25, 0.3) is 0 Å². The van der Waals surface area contributed by atoms with Gasteiger partial charge < -0.3 is 68.7 Å². The van der Waals surface area contributed by atoms with Gasteiger partial charge in [-0.2, -0.15) is 11.8 Å². The average molecular weight is 954 g/mol. The van der Waals surface area contributed by atoms with Gasteiger partial charge in [-0.3, -0.25) is 38.4 Å². The Morgan fingerprint density at radius 2 is 1.14 bits per heavy atom. The number of aliphatic hydroxyl groups is 2. The first-order valence-electron chi connectivity index (χ1n) is 21.8. The standard InChI is InChI=1S/C43H71N9O13S/c1-9-24(6)36(42(63)51-32(21-53)40(61)48-29(16-22(2)3)39(60)50-31(43(64)65)17-23(4)5)52-34(57)20-45-33(56)19-46-37(58)30(18-26-10-12-27(55)13-11-26)49-38(59)28(14-15-66-8)47-41(62)35(44)25(7)54/h10-13,22-25,28-32,35-36,53-55H,9,14-21,44H2,1-8H3,(H,45,56)(H,46,58)(H,47,62)(H,48,61)(H,49,59)(H,50,60)(H,51,63)(H,52,57)(H,64,65)/t24-,25+,28-,29-,30-,31-,32-,35-,36-/m0/s1. The first-order valence-corrected chi connectivity index (χ1v) is 23.2. The molecule has 0 aliphatic rings. The van der Waals surface area contributed by atoms with Gasteiger partial charge in [0.05, 0.1) is 25.8 Å². The number of thioether (sulfide) groups is 1. The third-order valence-corrected chi connectivity index (χ3v) is 10.9. The van der Waals surface area contributed by atoms with E-state index in [0.717, 1.165) is 0 Å². The van der Waals surface area contributed by atoms with Crippen molar-refractivity contribution in [3.63, 3.8) is 0 Å². The summed E-state index contributed by atoms with van der Waals surface area (Å²) in [4.78, 5) is 117. The van der Waals surface area contributed by atoms with Crippen molar-refractivity contribution in [2.75, 3.05) is 31.7 Å². The molecule has 0 aromatic heterocycles. The zero-order chi connectivity index (χ0) is 50.3. The Hall–Kier alpha value is -5.52. The molecule has 0 radical (unpaired) electrons. The minimum atomic E-state index is -1.58. The predicted molar refractivity (Wildman–Crippen MR) is 245 cm³/mol. The van der Waals surface area contributed by atoms with Gasteiger partial charge in [-0.1, -0.05) is 60.1 Å². The molecule has 0 saturated heterocycles. The number of benzene rings is 1. The molecule has 0 saturated carbocycles. The fourth-order valence-electron chi connectivity index (χ4n) is 6.20. The van der Waals surface area contributed by atoms with Crippen molar-refractivity contribution >= 4 is 65.0 Å². The van der Waals surface area contributed by atoms with E-state index < -0.39 is 127 Å². The van der Waals surface area contributed by atoms with Crippen molar-refractivity contribution in [2.24, 2.45) is 23.5 Å². The van der Waals surface area contributed by atoms with Crippen LogP contribution in [0.5, 0.6) is 5.75 Å². The second kappa shape index (κ2) is 29.9. The molecule has 0 spiro atoms. The first-order chi connectivity index (χ1) is 30.9. The topological polar surface area (TPSA) is 357 Å². The number of hydrogen-bond acceptors (Lipinski definition) is 14. The van der Waals surface area contributed by atoms with Crippen molar-refractivity contribution in [2.45, 2.75) is 129 Å². The Morgan fingerprint density at radius 3 is 1.67 bits per heavy atom. The van der Waals surface area contributed by atoms with E-state index in [9.17, 15) is 63.6 Å². The van der Waals surface area contributed by atoms with Crippen molar-refractivity contribution in [3.05, 3.63) is 29.8 Å². The molecule has 0 aliphatic carbocycles. The summed E-state index contributed by atoms with van der Waals surface area (Å²) in [5.74, 6) is -8.11. The zero-order valence-corrected chi connectivity index (χ0v) is 39.8. The van der Waals surface area contributed by atoms with Gasteiger partial charge in [0.1, 0.15) is 48.0 Å². The van der Waals surface area contributed by atoms with Gasteiger partial charge in [0, 0.05) is 6.42 Å². The molecule has 9 atom stereocenters. The Balaban J connectivity index is 3.04. The number of nitrogens with two attached hydrogens (primary N) is 1. The van der Waals surface area contributed by atoms with Gasteiger partial charge in [-0.15, -0.1) is 0 Å². The van der Waals surface area contributed by atoms with Crippen LogP contribution in [-0.2, 0) is 49.6 Å². The lowest BCUT2D eigenvalue weighted by Crippen LogP contribution is -2.60. The van der Waals surface area contributed by atoms with E-state index in [1.807, 2.05) is 0 Å². The summed E-state index contributed by atoms with van der Waals surface area (Å²) in [7, 11) is 0. The lowest BCUT2D eigenvalue weighted by atomic mass is 9.97. The number of rotatable bonds is 30. The Bertz CT molecular complexity index is 1780. The maximum absolute atomic E-state index is 13.5. The lowest BCUT2D eigenvalue weighted by Gasteiger charge is -2.27. The van der Waals surface area contributed by atoms with Crippen LogP contribution in [0.1, 0.15) is 79.7 Å². The molecule has 1 aromatic rings. The van der Waals surface area contributed by atoms with Gasteiger partial charge in [-0.25, -0.2) is 4.79 Å². The average Bonchev–Trinajstić information content (AvgIpc) is 3.25. The van der Waals surface area contributed by atoms with E-state index >= 15 is 0 Å². The van der Waals surface area contributed by atoms with E-state index in [4.69, 9.17) is 5.73 Å². The highest BCUT2D eigenvalue weighted by Crippen LogP contribution is 2.14. The van der Waals surface area contributed by atoms with Crippen molar-refractivity contribution in [1.82, 2.24) is 42.5 Å². The van der Waals surface area contributed by atoms with Crippen LogP contribution in [-0.4, -0.2) is 154 Å². The smallest absolute Gasteiger partial charge is 0.326 e. The summed E-state index contributed by atoms with van der Waals surface area (Å²) in [5, 5.41) is 58.9. The van der Waals surface area contributed by atoms with E-state index in [0.29, 0.717) is 17.7 Å². The predicted octanol–water partition coefficient (Wildman–Crippen LogP) is -2.25. The number of carbonyl (C=O) groups excluding carboxylic acids is 8. The Morgan fingerprint density at radius 1 is 0.636 bits per heavy atom. The van der Waals surface area contributed by atoms with Crippen LogP contribution in [0.2, 0.25) is 0 Å². The summed E-state index contributed by atoms with van der Waals surface area (Å²) < 4.78 is 0. The minimum Gasteiger partial charge on any atom is -0.508 e. The fourth-order valence-corrected chi connectivity index (χ4v) is 6.67. The van der Waals surface area contributed by atoms with Gasteiger partial charge in [0.2, 0.25) is 47.3 Å². The summed E-state index contributed by atoms with van der Waals surface area (Å²) in [5.41, 5.74) is 6.27. The van der Waals surface area contributed by atoms with Crippen LogP contribution in [0, 0.1) is 17.8 Å². The molecule has 22 nitrogen and oxygen atoms in total. The van der Waals surface area contributed by atoms with Crippen LogP contribution < -0.4 is 48.3 Å². The molecule has 23 heteroatoms. The monoisotopic (exact) mass is 953 g/mol. The number of amides is 8. The molecular formula is C43H71N9O13S. The molecule has 0 aliphatic heterocycles. The molecule has 66 heavy (non-hydrogen) atoms. The summed E-state index contributed by atoms with van der Waals surface area (Å²) >= 11 is 1.40. The molecule has 14 N–H and O–H groups in total. The molecule has 1 aromatic carbocycles. The van der Waals surface area contributed by atoms with E-state index in [2.05, 4.69) is 42.5 Å². The highest BCUT2D eigenvalue weighted by Gasteiger charge is 2.34. The molecule has 1 rings (SSSR count). The van der Waals surface area contributed by atoms with E-state index in [1.54, 1.807) is 47.8 Å². The first kappa shape index (κ1) is 58.5. The molecule has 0 heterocycles. The summed E-state index contributed by atoms with van der Waals surface area (Å²) in [6, 6.07) is -3.23. The maximum Gasteiger partial charge on any atom is 0.326 e. The van der Waals surface area contributed by atoms with Gasteiger partial charge in [0.25, 0.3) is 0 Å². The molecule has 372 valence electrons. The highest BCUT2D eigenvalue weighted by molar-refractivity contribution is 7.98. The normalized spacial score (nSPS) is 15.3. The van der Waals surface area contributed by atoms with Crippen molar-refractivity contribution in [1.29, 1.82) is 0 Å². The van der Waals surface area contributed by atoms with Crippen molar-refractivity contribution in [3.8, 4) is 5.75 Å². The number of phenolic OH excluding ortho intramolecular Hbond substituents is 1. The fraction of sp³-hybridized carbons (Fsp3) is 0.651. The van der Waals surface area contributed by atoms with Crippen LogP contribution in [0.4, 0.5) is 0 Å². The lowest BCUT2D eigenvalue weighted by molar-refractivity contribution is -0.143. The summed E-state index contributed by atoms with van der Waals surface area (Å²) in [6.45, 7) is 9.64. The number of aliphatic carboxylic acids is 1. The third kappa shape index (κ3) is 21.6.